The fraction of sp³-hybridized carbons (Fsp3) is 0.353. The lowest BCUT2D eigenvalue weighted by atomic mass is 10.2. The number of aromatic nitrogens is 2. The van der Waals surface area contributed by atoms with E-state index in [4.69, 9.17) is 0 Å². The van der Waals surface area contributed by atoms with E-state index in [1.807, 2.05) is 12.4 Å². The Kier molecular flexibility index (Phi) is 4.36. The fourth-order valence-corrected chi connectivity index (χ4v) is 2.84. The average Bonchev–Trinajstić information content (AvgIpc) is 3.14. The van der Waals surface area contributed by atoms with Crippen LogP contribution in [0, 0.1) is 0 Å². The van der Waals surface area contributed by atoms with Crippen molar-refractivity contribution in [3.63, 3.8) is 0 Å². The largest absolute Gasteiger partial charge is 0.371 e. The Morgan fingerprint density at radius 2 is 2.24 bits per heavy atom. The smallest absolute Gasteiger partial charge is 0.0538 e. The number of fused-ring (bicyclic) bond motifs is 1. The summed E-state index contributed by atoms with van der Waals surface area (Å²) in [6.07, 6.45) is 7.92. The monoisotopic (exact) mass is 282 g/mol. The summed E-state index contributed by atoms with van der Waals surface area (Å²) in [4.78, 5) is 2.49. The molecule has 4 nitrogen and oxygen atoms in total. The van der Waals surface area contributed by atoms with Crippen LogP contribution in [-0.2, 0) is 13.0 Å². The van der Waals surface area contributed by atoms with Gasteiger partial charge in [-0.25, -0.2) is 4.68 Å². The molecule has 0 amide bonds. The highest BCUT2D eigenvalue weighted by atomic mass is 15.2. The van der Waals surface area contributed by atoms with Crippen LogP contribution in [0.15, 0.2) is 43.2 Å². The maximum Gasteiger partial charge on any atom is 0.0538 e. The van der Waals surface area contributed by atoms with Gasteiger partial charge in [0.2, 0.25) is 0 Å². The lowest BCUT2D eigenvalue weighted by Crippen LogP contribution is -2.25. The van der Waals surface area contributed by atoms with Crippen LogP contribution in [-0.4, -0.2) is 29.4 Å². The third kappa shape index (κ3) is 3.34. The molecular formula is C17H22N4. The van der Waals surface area contributed by atoms with Crippen molar-refractivity contribution in [3.05, 3.63) is 54.4 Å². The van der Waals surface area contributed by atoms with Crippen molar-refractivity contribution in [3.8, 4) is 0 Å². The first-order valence-electron chi connectivity index (χ1n) is 7.56. The third-order valence-electron chi connectivity index (χ3n) is 3.94. The van der Waals surface area contributed by atoms with Crippen LogP contribution in [0.3, 0.4) is 0 Å². The molecule has 2 heterocycles. The number of benzene rings is 1. The van der Waals surface area contributed by atoms with Crippen molar-refractivity contribution >= 4 is 11.9 Å². The van der Waals surface area contributed by atoms with Gasteiger partial charge in [-0.1, -0.05) is 24.8 Å². The van der Waals surface area contributed by atoms with Crippen molar-refractivity contribution in [2.45, 2.75) is 19.4 Å². The predicted molar refractivity (Wildman–Crippen MR) is 87.3 cm³/mol. The summed E-state index contributed by atoms with van der Waals surface area (Å²) >= 11 is 0. The van der Waals surface area contributed by atoms with Crippen LogP contribution in [0.5, 0.6) is 0 Å². The van der Waals surface area contributed by atoms with Crippen LogP contribution in [0.25, 0.3) is 6.20 Å². The second kappa shape index (κ2) is 6.59. The van der Waals surface area contributed by atoms with Gasteiger partial charge in [-0.3, -0.25) is 0 Å². The van der Waals surface area contributed by atoms with Crippen molar-refractivity contribution in [1.29, 1.82) is 0 Å². The molecule has 0 saturated carbocycles. The number of para-hydroxylation sites is 1. The molecule has 0 fully saturated rings. The highest BCUT2D eigenvalue weighted by molar-refractivity contribution is 5.57. The molecule has 1 aliphatic rings. The van der Waals surface area contributed by atoms with E-state index in [0.717, 1.165) is 32.6 Å². The third-order valence-corrected chi connectivity index (χ3v) is 3.94. The zero-order valence-electron chi connectivity index (χ0n) is 12.3. The predicted octanol–water partition coefficient (Wildman–Crippen LogP) is 2.53. The van der Waals surface area contributed by atoms with E-state index in [2.05, 4.69) is 46.2 Å². The summed E-state index contributed by atoms with van der Waals surface area (Å²) in [5.74, 6) is 0. The maximum atomic E-state index is 4.17. The minimum Gasteiger partial charge on any atom is -0.371 e. The lowest BCUT2D eigenvalue weighted by Gasteiger charge is -2.19. The Balaban J connectivity index is 1.38. The molecule has 21 heavy (non-hydrogen) atoms. The van der Waals surface area contributed by atoms with Gasteiger partial charge in [0, 0.05) is 43.3 Å². The van der Waals surface area contributed by atoms with E-state index in [1.54, 1.807) is 10.9 Å². The number of hydrogen-bond donors (Lipinski definition) is 1. The first-order valence-corrected chi connectivity index (χ1v) is 7.56. The van der Waals surface area contributed by atoms with Gasteiger partial charge < -0.3 is 10.2 Å². The number of hydrogen-bond acceptors (Lipinski definition) is 3. The van der Waals surface area contributed by atoms with Gasteiger partial charge >= 0.3 is 0 Å². The van der Waals surface area contributed by atoms with Crippen LogP contribution >= 0.6 is 0 Å². The number of anilines is 1. The van der Waals surface area contributed by atoms with Crippen molar-refractivity contribution in [1.82, 2.24) is 15.1 Å². The second-order valence-electron chi connectivity index (χ2n) is 5.41. The van der Waals surface area contributed by atoms with Crippen molar-refractivity contribution in [2.75, 3.05) is 24.5 Å². The molecule has 0 spiro atoms. The summed E-state index contributed by atoms with van der Waals surface area (Å²) in [6, 6.07) is 8.74. The minimum absolute atomic E-state index is 0.866. The summed E-state index contributed by atoms with van der Waals surface area (Å²) in [5.41, 5.74) is 4.11. The first-order chi connectivity index (χ1) is 10.4. The van der Waals surface area contributed by atoms with Gasteiger partial charge in [0.25, 0.3) is 0 Å². The Bertz CT molecular complexity index is 602. The van der Waals surface area contributed by atoms with Crippen LogP contribution in [0.4, 0.5) is 5.69 Å². The molecule has 0 atom stereocenters. The molecule has 4 heteroatoms. The molecule has 0 unspecified atom stereocenters. The normalized spacial score (nSPS) is 13.4. The van der Waals surface area contributed by atoms with E-state index in [-0.39, 0.29) is 0 Å². The highest BCUT2D eigenvalue weighted by Gasteiger charge is 2.17. The Morgan fingerprint density at radius 1 is 1.33 bits per heavy atom. The Morgan fingerprint density at radius 3 is 3.10 bits per heavy atom. The van der Waals surface area contributed by atoms with E-state index < -0.39 is 0 Å². The van der Waals surface area contributed by atoms with Crippen LogP contribution in [0.1, 0.15) is 17.5 Å². The maximum absolute atomic E-state index is 4.17. The number of nitrogens with one attached hydrogen (secondary N) is 1. The molecule has 0 bridgehead atoms. The standard InChI is InChI=1S/C17H22N4/c1-2-21-14-15(13-19-21)12-18-9-5-10-20-11-8-16-6-3-4-7-17(16)20/h2-4,6-7,13-14,18H,1,5,8-12H2. The first kappa shape index (κ1) is 13.9. The van der Waals surface area contributed by atoms with E-state index in [0.29, 0.717) is 0 Å². The fourth-order valence-electron chi connectivity index (χ4n) is 2.84. The number of nitrogens with zero attached hydrogens (tertiary/aromatic N) is 3. The van der Waals surface area contributed by atoms with Gasteiger partial charge in [-0.2, -0.15) is 5.10 Å². The zero-order valence-corrected chi connectivity index (χ0v) is 12.3. The van der Waals surface area contributed by atoms with Gasteiger partial charge in [0.1, 0.15) is 0 Å². The molecule has 0 saturated heterocycles. The highest BCUT2D eigenvalue weighted by Crippen LogP contribution is 2.27. The van der Waals surface area contributed by atoms with Crippen LogP contribution in [0.2, 0.25) is 0 Å². The summed E-state index contributed by atoms with van der Waals surface area (Å²) in [6.45, 7) is 7.86. The summed E-state index contributed by atoms with van der Waals surface area (Å²) < 4.78 is 1.73. The topological polar surface area (TPSA) is 33.1 Å². The molecule has 0 aliphatic carbocycles. The molecule has 3 rings (SSSR count). The summed E-state index contributed by atoms with van der Waals surface area (Å²) in [7, 11) is 0. The molecule has 1 aromatic carbocycles. The quantitative estimate of drug-likeness (QED) is 0.792. The molecule has 1 N–H and O–H groups in total. The van der Waals surface area contributed by atoms with E-state index >= 15 is 0 Å². The molecule has 110 valence electrons. The van der Waals surface area contributed by atoms with Gasteiger partial charge in [0.15, 0.2) is 0 Å². The molecule has 1 aliphatic heterocycles. The van der Waals surface area contributed by atoms with Crippen molar-refractivity contribution in [2.24, 2.45) is 0 Å². The average molecular weight is 282 g/mol. The van der Waals surface area contributed by atoms with E-state index in [9.17, 15) is 0 Å². The molecule has 1 aromatic heterocycles. The van der Waals surface area contributed by atoms with Gasteiger partial charge in [0.05, 0.1) is 6.20 Å². The van der Waals surface area contributed by atoms with Gasteiger partial charge in [-0.15, -0.1) is 0 Å². The second-order valence-corrected chi connectivity index (χ2v) is 5.41. The number of rotatable bonds is 7. The summed E-state index contributed by atoms with van der Waals surface area (Å²) in [5, 5.41) is 7.64. The lowest BCUT2D eigenvalue weighted by molar-refractivity contribution is 0.638. The van der Waals surface area contributed by atoms with E-state index in [1.165, 1.54) is 23.2 Å². The Hall–Kier alpha value is -2.07. The Labute approximate surface area is 126 Å². The van der Waals surface area contributed by atoms with Gasteiger partial charge in [-0.05, 0) is 31.0 Å². The SMILES string of the molecule is C=Cn1cc(CNCCCN2CCc3ccccc32)cn1. The molecular weight excluding hydrogens is 260 g/mol. The molecule has 2 aromatic rings. The molecule has 0 radical (unpaired) electrons. The zero-order chi connectivity index (χ0) is 14.5. The van der Waals surface area contributed by atoms with Crippen molar-refractivity contribution < 1.29 is 0 Å². The van der Waals surface area contributed by atoms with Crippen LogP contribution < -0.4 is 10.2 Å². The minimum atomic E-state index is 0.866.